The topological polar surface area (TPSA) is 0 Å². The summed E-state index contributed by atoms with van der Waals surface area (Å²) in [6.07, 6.45) is 0. The minimum Gasteiger partial charge on any atom is -0.270 e. The zero-order valence-corrected chi connectivity index (χ0v) is 8.01. The van der Waals surface area contributed by atoms with Gasteiger partial charge in [0.05, 0.1) is 0 Å². The van der Waals surface area contributed by atoms with Gasteiger partial charge in [0.2, 0.25) is 0 Å². The summed E-state index contributed by atoms with van der Waals surface area (Å²) in [5.74, 6) is 0. The van der Waals surface area contributed by atoms with Crippen LogP contribution >= 0.6 is 0 Å². The second kappa shape index (κ2) is 3.66. The molecule has 0 bridgehead atoms. The van der Waals surface area contributed by atoms with E-state index in [0.29, 0.717) is 0 Å². The van der Waals surface area contributed by atoms with E-state index < -0.39 is 29.9 Å². The molecule has 7 heteroatoms. The lowest BCUT2D eigenvalue weighted by Crippen LogP contribution is -2.25. The summed E-state index contributed by atoms with van der Waals surface area (Å²) >= 11 is 0. The number of hydrogen-bond donors (Lipinski definition) is 0. The fourth-order valence-corrected chi connectivity index (χ4v) is 3.45. The van der Waals surface area contributed by atoms with Crippen molar-refractivity contribution in [2.75, 3.05) is 0 Å². The molecule has 11 heavy (non-hydrogen) atoms. The lowest BCUT2D eigenvalue weighted by atomic mass is 10.9. The second-order valence-corrected chi connectivity index (χ2v) is 6.97. The third-order valence-corrected chi connectivity index (χ3v) is 4.62. The van der Waals surface area contributed by atoms with Crippen molar-refractivity contribution in [1.82, 2.24) is 0 Å². The second-order valence-electron chi connectivity index (χ2n) is 2.32. The third-order valence-electron chi connectivity index (χ3n) is 1.29. The first kappa shape index (κ1) is 11.1. The summed E-state index contributed by atoms with van der Waals surface area (Å²) < 4.78 is 59.3. The molecule has 0 aromatic heterocycles. The Hall–Kier alpha value is 0.0838. The monoisotopic (exact) mass is 208 g/mol. The number of halogens is 5. The Labute approximate surface area is 64.3 Å². The maximum Gasteiger partial charge on any atom is 0.615 e. The van der Waals surface area contributed by atoms with E-state index in [1.807, 2.05) is 0 Å². The average molecular weight is 208 g/mol. The SMILES string of the molecule is CC[Si](F)(F)CC[Si](F)(F)F. The van der Waals surface area contributed by atoms with E-state index in [-0.39, 0.29) is 6.04 Å². The van der Waals surface area contributed by atoms with E-state index in [9.17, 15) is 20.5 Å². The maximum atomic E-state index is 12.3. The minimum atomic E-state index is -5.73. The summed E-state index contributed by atoms with van der Waals surface area (Å²) in [7, 11) is -10.2. The molecule has 0 aliphatic rings. The average Bonchev–Trinajstić information content (AvgIpc) is 1.83. The van der Waals surface area contributed by atoms with Crippen LogP contribution in [-0.2, 0) is 0 Å². The van der Waals surface area contributed by atoms with Crippen molar-refractivity contribution in [3.05, 3.63) is 0 Å². The largest absolute Gasteiger partial charge is 0.615 e. The zero-order chi connectivity index (χ0) is 9.12. The van der Waals surface area contributed by atoms with Crippen molar-refractivity contribution in [1.29, 1.82) is 0 Å². The van der Waals surface area contributed by atoms with Crippen LogP contribution in [0.2, 0.25) is 18.1 Å². The van der Waals surface area contributed by atoms with E-state index in [4.69, 9.17) is 0 Å². The van der Waals surface area contributed by atoms with Crippen molar-refractivity contribution in [2.45, 2.75) is 25.1 Å². The Morgan fingerprint density at radius 2 is 1.36 bits per heavy atom. The standard InChI is InChI=1S/C4H9F5Si2/c1-2-10(5,6)3-4-11(7,8)9/h2-4H2,1H3. The molecule has 0 nitrogen and oxygen atoms in total. The molecule has 0 spiro atoms. The molecule has 0 aromatic rings. The Morgan fingerprint density at radius 3 is 1.64 bits per heavy atom. The molecule has 0 aliphatic heterocycles. The van der Waals surface area contributed by atoms with Gasteiger partial charge < -0.3 is 0 Å². The normalized spacial score (nSPS) is 13.6. The summed E-state index contributed by atoms with van der Waals surface area (Å²) in [5, 5.41) is 0. The van der Waals surface area contributed by atoms with E-state index in [2.05, 4.69) is 0 Å². The summed E-state index contributed by atoms with van der Waals surface area (Å²) in [6, 6.07) is -2.49. The molecule has 0 unspecified atom stereocenters. The highest BCUT2D eigenvalue weighted by atomic mass is 28.5. The summed E-state index contributed by atoms with van der Waals surface area (Å²) in [6.45, 7) is 1.24. The van der Waals surface area contributed by atoms with Gasteiger partial charge >= 0.3 is 17.8 Å². The van der Waals surface area contributed by atoms with Gasteiger partial charge in [-0.3, -0.25) is 8.22 Å². The highest BCUT2D eigenvalue weighted by Crippen LogP contribution is 2.27. The van der Waals surface area contributed by atoms with Gasteiger partial charge in [-0.25, -0.2) is 12.3 Å². The first-order valence-corrected chi connectivity index (χ1v) is 7.22. The quantitative estimate of drug-likeness (QED) is 0.378. The highest BCUT2D eigenvalue weighted by molar-refractivity contribution is 6.69. The van der Waals surface area contributed by atoms with Gasteiger partial charge in [0.25, 0.3) is 0 Å². The fraction of sp³-hybridized carbons (Fsp3) is 1.00. The molecule has 0 fully saturated rings. The van der Waals surface area contributed by atoms with Crippen LogP contribution in [-0.4, -0.2) is 17.8 Å². The molecular formula is C4H9F5Si2. The van der Waals surface area contributed by atoms with Gasteiger partial charge in [-0.1, -0.05) is 6.92 Å². The van der Waals surface area contributed by atoms with Gasteiger partial charge in [-0.05, 0) is 6.04 Å². The van der Waals surface area contributed by atoms with Crippen LogP contribution in [0.25, 0.3) is 0 Å². The maximum absolute atomic E-state index is 12.3. The van der Waals surface area contributed by atoms with Gasteiger partial charge in [0.15, 0.2) is 0 Å². The molecule has 0 atom stereocenters. The fourth-order valence-electron chi connectivity index (χ4n) is 0.501. The first-order valence-electron chi connectivity index (χ1n) is 3.21. The van der Waals surface area contributed by atoms with E-state index >= 15 is 0 Å². The van der Waals surface area contributed by atoms with Gasteiger partial charge in [0.1, 0.15) is 0 Å². The lowest BCUT2D eigenvalue weighted by Gasteiger charge is -2.09. The summed E-state index contributed by atoms with van der Waals surface area (Å²) in [4.78, 5) is 0. The van der Waals surface area contributed by atoms with Crippen LogP contribution < -0.4 is 0 Å². The van der Waals surface area contributed by atoms with Gasteiger partial charge in [-0.15, -0.1) is 0 Å². The minimum absolute atomic E-state index is 0.377. The summed E-state index contributed by atoms with van der Waals surface area (Å²) in [5.41, 5.74) is 0. The molecule has 0 amide bonds. The van der Waals surface area contributed by atoms with Crippen LogP contribution in [0.5, 0.6) is 0 Å². The Morgan fingerprint density at radius 1 is 0.909 bits per heavy atom. The third kappa shape index (κ3) is 6.48. The van der Waals surface area contributed by atoms with Crippen LogP contribution in [0.15, 0.2) is 0 Å². The number of hydrogen-bond acceptors (Lipinski definition) is 0. The predicted octanol–water partition coefficient (Wildman–Crippen LogP) is 3.23. The molecule has 0 aliphatic carbocycles. The van der Waals surface area contributed by atoms with Gasteiger partial charge in [0, 0.05) is 12.1 Å². The van der Waals surface area contributed by atoms with Crippen molar-refractivity contribution < 1.29 is 20.5 Å². The molecular weight excluding hydrogens is 199 g/mol. The number of rotatable bonds is 4. The van der Waals surface area contributed by atoms with Crippen LogP contribution in [0.1, 0.15) is 6.92 Å². The van der Waals surface area contributed by atoms with Crippen molar-refractivity contribution in [2.24, 2.45) is 0 Å². The zero-order valence-electron chi connectivity index (χ0n) is 6.01. The van der Waals surface area contributed by atoms with Crippen molar-refractivity contribution >= 4 is 17.8 Å². The van der Waals surface area contributed by atoms with E-state index in [1.165, 1.54) is 6.92 Å². The molecule has 0 aromatic carbocycles. The Balaban J connectivity index is 3.70. The molecule has 0 heterocycles. The Bertz CT molecular complexity index is 120. The van der Waals surface area contributed by atoms with E-state index in [1.54, 1.807) is 0 Å². The van der Waals surface area contributed by atoms with Gasteiger partial charge in [-0.2, -0.15) is 0 Å². The van der Waals surface area contributed by atoms with E-state index in [0.717, 1.165) is 0 Å². The lowest BCUT2D eigenvalue weighted by molar-refractivity contribution is 0.466. The molecule has 0 N–H and O–H groups in total. The highest BCUT2D eigenvalue weighted by Gasteiger charge is 2.43. The smallest absolute Gasteiger partial charge is 0.270 e. The van der Waals surface area contributed by atoms with Crippen molar-refractivity contribution in [3.63, 3.8) is 0 Å². The molecule has 68 valence electrons. The van der Waals surface area contributed by atoms with Crippen LogP contribution in [0, 0.1) is 0 Å². The molecule has 0 saturated carbocycles. The predicted molar refractivity (Wildman–Crippen MR) is 37.1 cm³/mol. The van der Waals surface area contributed by atoms with Crippen LogP contribution in [0.3, 0.4) is 0 Å². The molecule has 0 radical (unpaired) electrons. The Kier molecular flexibility index (Phi) is 3.68. The van der Waals surface area contributed by atoms with Crippen LogP contribution in [0.4, 0.5) is 20.5 Å². The first-order chi connectivity index (χ1) is 4.77. The van der Waals surface area contributed by atoms with Crippen molar-refractivity contribution in [3.8, 4) is 0 Å². The molecule has 0 rings (SSSR count). The molecule has 0 saturated heterocycles.